The molecule has 0 aliphatic carbocycles. The molecular formula is C19H20N4O4. The van der Waals surface area contributed by atoms with Gasteiger partial charge in [0.15, 0.2) is 0 Å². The average molecular weight is 368 g/mol. The summed E-state index contributed by atoms with van der Waals surface area (Å²) in [5.74, 6) is -0.339. The number of amides is 1. The minimum Gasteiger partial charge on any atom is -0.378 e. The largest absolute Gasteiger partial charge is 0.378 e. The summed E-state index contributed by atoms with van der Waals surface area (Å²) in [5, 5.41) is 15.4. The number of carbonyl (C=O) groups excluding carboxylic acids is 1. The number of anilines is 1. The van der Waals surface area contributed by atoms with Crippen LogP contribution in [0.25, 0.3) is 0 Å². The van der Waals surface area contributed by atoms with Crippen molar-refractivity contribution in [1.82, 2.24) is 5.43 Å². The minimum absolute atomic E-state index is 0.00543. The molecule has 3 rings (SSSR count). The second kappa shape index (κ2) is 8.41. The number of hydrogen-bond donors (Lipinski definition) is 1. The van der Waals surface area contributed by atoms with Crippen LogP contribution in [0.5, 0.6) is 0 Å². The van der Waals surface area contributed by atoms with E-state index >= 15 is 0 Å². The number of carbonyl (C=O) groups is 1. The van der Waals surface area contributed by atoms with Gasteiger partial charge in [0.2, 0.25) is 0 Å². The van der Waals surface area contributed by atoms with Crippen LogP contribution < -0.4 is 10.3 Å². The second-order valence-corrected chi connectivity index (χ2v) is 6.17. The minimum atomic E-state index is -0.409. The lowest BCUT2D eigenvalue weighted by Gasteiger charge is -2.28. The summed E-state index contributed by atoms with van der Waals surface area (Å²) in [6.45, 7) is 4.22. The van der Waals surface area contributed by atoms with E-state index in [1.807, 2.05) is 17.9 Å². The number of aryl methyl sites for hydroxylation is 1. The fourth-order valence-electron chi connectivity index (χ4n) is 2.85. The van der Waals surface area contributed by atoms with Gasteiger partial charge in [-0.15, -0.1) is 0 Å². The van der Waals surface area contributed by atoms with E-state index in [9.17, 15) is 14.9 Å². The molecule has 0 saturated carbocycles. The highest BCUT2D eigenvalue weighted by molar-refractivity contribution is 5.95. The van der Waals surface area contributed by atoms with Crippen molar-refractivity contribution < 1.29 is 14.5 Å². The molecule has 2 aromatic rings. The van der Waals surface area contributed by atoms with Crippen molar-refractivity contribution >= 4 is 23.5 Å². The van der Waals surface area contributed by atoms with E-state index in [1.54, 1.807) is 30.3 Å². The van der Waals surface area contributed by atoms with Gasteiger partial charge < -0.3 is 9.64 Å². The monoisotopic (exact) mass is 368 g/mol. The zero-order valence-corrected chi connectivity index (χ0v) is 14.9. The Morgan fingerprint density at radius 3 is 2.74 bits per heavy atom. The van der Waals surface area contributed by atoms with E-state index in [-0.39, 0.29) is 11.6 Å². The molecule has 1 amide bonds. The van der Waals surface area contributed by atoms with E-state index in [4.69, 9.17) is 4.74 Å². The highest BCUT2D eigenvalue weighted by atomic mass is 16.6. The van der Waals surface area contributed by atoms with Crippen molar-refractivity contribution in [3.63, 3.8) is 0 Å². The van der Waals surface area contributed by atoms with Crippen LogP contribution in [0, 0.1) is 17.0 Å². The van der Waals surface area contributed by atoms with Crippen molar-refractivity contribution in [1.29, 1.82) is 0 Å². The van der Waals surface area contributed by atoms with Gasteiger partial charge >= 0.3 is 0 Å². The van der Waals surface area contributed by atoms with E-state index in [2.05, 4.69) is 10.5 Å². The number of hydrogen-bond acceptors (Lipinski definition) is 6. The summed E-state index contributed by atoms with van der Waals surface area (Å²) in [5.41, 5.74) is 5.00. The van der Waals surface area contributed by atoms with Crippen molar-refractivity contribution in [3.8, 4) is 0 Å². The predicted molar refractivity (Wildman–Crippen MR) is 102 cm³/mol. The van der Waals surface area contributed by atoms with Crippen LogP contribution >= 0.6 is 0 Å². The smallest absolute Gasteiger partial charge is 0.293 e. The predicted octanol–water partition coefficient (Wildman–Crippen LogP) is 2.50. The van der Waals surface area contributed by atoms with Crippen LogP contribution in [-0.4, -0.2) is 43.3 Å². The average Bonchev–Trinajstić information content (AvgIpc) is 2.68. The van der Waals surface area contributed by atoms with Crippen molar-refractivity contribution in [2.45, 2.75) is 6.92 Å². The molecule has 0 spiro atoms. The maximum Gasteiger partial charge on any atom is 0.293 e. The number of morpholine rings is 1. The summed E-state index contributed by atoms with van der Waals surface area (Å²) in [6, 6.07) is 12.0. The first-order valence-corrected chi connectivity index (χ1v) is 8.56. The normalized spacial score (nSPS) is 14.3. The van der Waals surface area contributed by atoms with Crippen LogP contribution in [-0.2, 0) is 4.74 Å². The topological polar surface area (TPSA) is 97.1 Å². The number of ether oxygens (including phenoxy) is 1. The molecular weight excluding hydrogens is 348 g/mol. The SMILES string of the molecule is Cc1cccc(C(=O)N/N=C/c2ccc(N3CCOCC3)c([N+](=O)[O-])c2)c1. The number of benzene rings is 2. The standard InChI is InChI=1S/C19H20N4O4/c1-14-3-2-4-16(11-14)19(24)21-20-13-15-5-6-17(18(12-15)23(25)26)22-7-9-27-10-8-22/h2-6,11-13H,7-10H2,1H3,(H,21,24)/b20-13+. The Balaban J connectivity index is 1.73. The molecule has 8 nitrogen and oxygen atoms in total. The Hall–Kier alpha value is -3.26. The van der Waals surface area contributed by atoms with Crippen molar-refractivity contribution in [2.24, 2.45) is 5.10 Å². The lowest BCUT2D eigenvalue weighted by Crippen LogP contribution is -2.36. The lowest BCUT2D eigenvalue weighted by atomic mass is 10.1. The number of nitro benzene ring substituents is 1. The van der Waals surface area contributed by atoms with Gasteiger partial charge in [0.1, 0.15) is 5.69 Å². The molecule has 0 bridgehead atoms. The van der Waals surface area contributed by atoms with Gasteiger partial charge in [0.25, 0.3) is 11.6 Å². The Bertz CT molecular complexity index is 876. The first kappa shape index (κ1) is 18.5. The lowest BCUT2D eigenvalue weighted by molar-refractivity contribution is -0.384. The summed E-state index contributed by atoms with van der Waals surface area (Å²) in [7, 11) is 0. The molecule has 1 aliphatic rings. The van der Waals surface area contributed by atoms with Gasteiger partial charge in [-0.3, -0.25) is 14.9 Å². The molecule has 1 N–H and O–H groups in total. The van der Waals surface area contributed by atoms with Crippen LogP contribution in [0.4, 0.5) is 11.4 Å². The van der Waals surface area contributed by atoms with Crippen LogP contribution in [0.2, 0.25) is 0 Å². The third kappa shape index (κ3) is 4.68. The second-order valence-electron chi connectivity index (χ2n) is 6.17. The van der Waals surface area contributed by atoms with E-state index < -0.39 is 4.92 Å². The molecule has 8 heteroatoms. The number of hydrazone groups is 1. The molecule has 1 fully saturated rings. The summed E-state index contributed by atoms with van der Waals surface area (Å²) in [4.78, 5) is 25.0. The molecule has 0 unspecified atom stereocenters. The molecule has 1 aliphatic heterocycles. The first-order chi connectivity index (χ1) is 13.0. The maximum absolute atomic E-state index is 12.1. The molecule has 1 saturated heterocycles. The molecule has 27 heavy (non-hydrogen) atoms. The summed E-state index contributed by atoms with van der Waals surface area (Å²) in [6.07, 6.45) is 1.39. The zero-order chi connectivity index (χ0) is 19.2. The van der Waals surface area contributed by atoms with Gasteiger partial charge in [-0.1, -0.05) is 23.8 Å². The van der Waals surface area contributed by atoms with Crippen molar-refractivity contribution in [2.75, 3.05) is 31.2 Å². The number of nitrogens with one attached hydrogen (secondary N) is 1. The molecule has 0 radical (unpaired) electrons. The summed E-state index contributed by atoms with van der Waals surface area (Å²) >= 11 is 0. The van der Waals surface area contributed by atoms with Gasteiger partial charge in [0, 0.05) is 30.3 Å². The third-order valence-corrected chi connectivity index (χ3v) is 4.21. The Morgan fingerprint density at radius 1 is 1.26 bits per heavy atom. The fourth-order valence-corrected chi connectivity index (χ4v) is 2.85. The van der Waals surface area contributed by atoms with Crippen LogP contribution in [0.15, 0.2) is 47.6 Å². The summed E-state index contributed by atoms with van der Waals surface area (Å²) < 4.78 is 5.29. The van der Waals surface area contributed by atoms with Crippen LogP contribution in [0.3, 0.4) is 0 Å². The number of nitro groups is 1. The molecule has 2 aromatic carbocycles. The fraction of sp³-hybridized carbons (Fsp3) is 0.263. The quantitative estimate of drug-likeness (QED) is 0.497. The Morgan fingerprint density at radius 2 is 2.04 bits per heavy atom. The molecule has 0 atom stereocenters. The maximum atomic E-state index is 12.1. The van der Waals surface area contributed by atoms with Gasteiger partial charge in [-0.25, -0.2) is 5.43 Å². The third-order valence-electron chi connectivity index (χ3n) is 4.21. The van der Waals surface area contributed by atoms with Crippen LogP contribution in [0.1, 0.15) is 21.5 Å². The van der Waals surface area contributed by atoms with E-state index in [0.29, 0.717) is 43.1 Å². The highest BCUT2D eigenvalue weighted by Crippen LogP contribution is 2.29. The number of rotatable bonds is 5. The Kier molecular flexibility index (Phi) is 5.77. The molecule has 140 valence electrons. The van der Waals surface area contributed by atoms with Gasteiger partial charge in [-0.05, 0) is 25.1 Å². The number of nitrogens with zero attached hydrogens (tertiary/aromatic N) is 3. The first-order valence-electron chi connectivity index (χ1n) is 8.56. The van der Waals surface area contributed by atoms with Gasteiger partial charge in [0.05, 0.1) is 24.4 Å². The zero-order valence-electron chi connectivity index (χ0n) is 14.9. The Labute approximate surface area is 156 Å². The molecule has 1 heterocycles. The van der Waals surface area contributed by atoms with E-state index in [0.717, 1.165) is 5.56 Å². The van der Waals surface area contributed by atoms with E-state index in [1.165, 1.54) is 12.3 Å². The van der Waals surface area contributed by atoms with Crippen molar-refractivity contribution in [3.05, 3.63) is 69.3 Å². The highest BCUT2D eigenvalue weighted by Gasteiger charge is 2.21. The molecule has 0 aromatic heterocycles. The van der Waals surface area contributed by atoms with Gasteiger partial charge in [-0.2, -0.15) is 5.10 Å².